The van der Waals surface area contributed by atoms with Gasteiger partial charge in [0.1, 0.15) is 7.85 Å². The van der Waals surface area contributed by atoms with E-state index in [1.807, 2.05) is 6.26 Å². The Labute approximate surface area is 92.5 Å². The van der Waals surface area contributed by atoms with Crippen molar-refractivity contribution in [1.82, 2.24) is 0 Å². The lowest BCUT2D eigenvalue weighted by Gasteiger charge is -2.17. The Balaban J connectivity index is 2.25. The fraction of sp³-hybridized carbons (Fsp3) is 1.00. The average Bonchev–Trinajstić information content (AvgIpc) is 2.48. The molecule has 1 aliphatic rings. The third kappa shape index (κ3) is 3.83. The molecule has 3 atom stereocenters. The van der Waals surface area contributed by atoms with Crippen molar-refractivity contribution in [3.8, 4) is 0 Å². The summed E-state index contributed by atoms with van der Waals surface area (Å²) in [6, 6.07) is -0.0746. The van der Waals surface area contributed by atoms with Crippen molar-refractivity contribution < 1.29 is 9.47 Å². The summed E-state index contributed by atoms with van der Waals surface area (Å²) in [6.45, 7) is 2.89. The normalized spacial score (nSPS) is 32.3. The molecule has 4 heteroatoms. The summed E-state index contributed by atoms with van der Waals surface area (Å²) in [5.74, 6) is 1.34. The van der Waals surface area contributed by atoms with Crippen molar-refractivity contribution in [2.75, 3.05) is 18.8 Å². The van der Waals surface area contributed by atoms with Crippen molar-refractivity contribution in [3.05, 3.63) is 0 Å². The van der Waals surface area contributed by atoms with Crippen molar-refractivity contribution in [1.29, 1.82) is 0 Å². The van der Waals surface area contributed by atoms with Gasteiger partial charge in [-0.25, -0.2) is 0 Å². The zero-order valence-electron chi connectivity index (χ0n) is 9.07. The molecule has 80 valence electrons. The van der Waals surface area contributed by atoms with E-state index in [9.17, 15) is 0 Å². The summed E-state index contributed by atoms with van der Waals surface area (Å²) in [7, 11) is 5.77. The summed E-state index contributed by atoms with van der Waals surface area (Å²) < 4.78 is 11.1. The quantitative estimate of drug-likeness (QED) is 0.383. The lowest BCUT2D eigenvalue weighted by atomic mass is 9.88. The molecule has 0 spiro atoms. The van der Waals surface area contributed by atoms with Crippen LogP contribution in [0.1, 0.15) is 26.2 Å². The summed E-state index contributed by atoms with van der Waals surface area (Å²) in [5, 5.41) is 0. The van der Waals surface area contributed by atoms with Gasteiger partial charge in [0.25, 0.3) is 0 Å². The molecule has 2 nitrogen and oxygen atoms in total. The van der Waals surface area contributed by atoms with Crippen LogP contribution < -0.4 is 0 Å². The van der Waals surface area contributed by atoms with Gasteiger partial charge in [-0.3, -0.25) is 0 Å². The highest BCUT2D eigenvalue weighted by Crippen LogP contribution is 2.29. The highest BCUT2D eigenvalue weighted by atomic mass is 32.2. The van der Waals surface area contributed by atoms with Gasteiger partial charge in [0.05, 0.1) is 18.6 Å². The van der Waals surface area contributed by atoms with E-state index < -0.39 is 0 Å². The van der Waals surface area contributed by atoms with Crippen LogP contribution in [0.15, 0.2) is 0 Å². The van der Waals surface area contributed by atoms with E-state index in [2.05, 4.69) is 6.92 Å². The number of hydrogen-bond donors (Lipinski definition) is 0. The molecule has 0 bridgehead atoms. The first kappa shape index (κ1) is 12.4. The maximum atomic E-state index is 5.77. The zero-order chi connectivity index (χ0) is 10.4. The number of rotatable bonds is 6. The minimum absolute atomic E-state index is 0.0746. The first-order valence-corrected chi connectivity index (χ1v) is 6.65. The molecule has 0 aliphatic carbocycles. The Bertz CT molecular complexity index is 157. The second-order valence-electron chi connectivity index (χ2n) is 3.77. The number of ether oxygens (including phenoxy) is 2. The smallest absolute Gasteiger partial charge is 0.109 e. The molecule has 0 amide bonds. The van der Waals surface area contributed by atoms with Crippen LogP contribution >= 0.6 is 11.8 Å². The molecule has 0 N–H and O–H groups in total. The van der Waals surface area contributed by atoms with Crippen molar-refractivity contribution in [2.45, 2.75) is 38.3 Å². The number of thioether (sulfide) groups is 1. The molecule has 0 aromatic rings. The zero-order valence-corrected chi connectivity index (χ0v) is 9.89. The molecule has 2 radical (unpaired) electrons. The lowest BCUT2D eigenvalue weighted by molar-refractivity contribution is 0.00440. The second kappa shape index (κ2) is 6.75. The minimum Gasteiger partial charge on any atom is -0.382 e. The Morgan fingerprint density at radius 2 is 2.36 bits per heavy atom. The highest BCUT2D eigenvalue weighted by Gasteiger charge is 2.31. The summed E-state index contributed by atoms with van der Waals surface area (Å²) in [5.41, 5.74) is 0. The molecule has 1 rings (SSSR count). The summed E-state index contributed by atoms with van der Waals surface area (Å²) in [4.78, 5) is 0. The van der Waals surface area contributed by atoms with Crippen LogP contribution in [0.25, 0.3) is 0 Å². The first-order chi connectivity index (χ1) is 6.77. The van der Waals surface area contributed by atoms with Crippen LogP contribution in [0.5, 0.6) is 0 Å². The van der Waals surface area contributed by atoms with E-state index >= 15 is 0 Å². The standard InChI is InChI=1S/C10H19BO2S/c1-3-4-8-5-10(11)13-9(8)6-12-7-14-2/h8-10H,3-7H2,1-2H3. The Hall–Kier alpha value is 0.335. The van der Waals surface area contributed by atoms with Crippen LogP contribution in [0, 0.1) is 5.92 Å². The van der Waals surface area contributed by atoms with Gasteiger partial charge in [0, 0.05) is 6.00 Å². The monoisotopic (exact) mass is 214 g/mol. The molecule has 0 aromatic carbocycles. The average molecular weight is 214 g/mol. The van der Waals surface area contributed by atoms with Gasteiger partial charge in [-0.2, -0.15) is 0 Å². The summed E-state index contributed by atoms with van der Waals surface area (Å²) in [6.07, 6.45) is 5.63. The van der Waals surface area contributed by atoms with E-state index in [0.29, 0.717) is 12.5 Å². The van der Waals surface area contributed by atoms with Crippen molar-refractivity contribution >= 4 is 19.6 Å². The third-order valence-electron chi connectivity index (χ3n) is 2.55. The maximum absolute atomic E-state index is 5.77. The largest absolute Gasteiger partial charge is 0.382 e. The first-order valence-electron chi connectivity index (χ1n) is 5.25. The maximum Gasteiger partial charge on any atom is 0.109 e. The minimum atomic E-state index is -0.0746. The fourth-order valence-electron chi connectivity index (χ4n) is 1.94. The topological polar surface area (TPSA) is 18.5 Å². The van der Waals surface area contributed by atoms with Crippen molar-refractivity contribution in [3.63, 3.8) is 0 Å². The molecule has 1 saturated heterocycles. The van der Waals surface area contributed by atoms with E-state index in [-0.39, 0.29) is 12.1 Å². The Morgan fingerprint density at radius 3 is 3.00 bits per heavy atom. The van der Waals surface area contributed by atoms with E-state index in [4.69, 9.17) is 17.3 Å². The Morgan fingerprint density at radius 1 is 1.57 bits per heavy atom. The van der Waals surface area contributed by atoms with Crippen LogP contribution in [0.4, 0.5) is 0 Å². The van der Waals surface area contributed by atoms with Gasteiger partial charge >= 0.3 is 0 Å². The molecule has 1 heterocycles. The fourth-order valence-corrected chi connectivity index (χ4v) is 2.20. The molecule has 3 unspecified atom stereocenters. The summed E-state index contributed by atoms with van der Waals surface area (Å²) >= 11 is 1.69. The SMILES string of the molecule is [B]C1CC(CCC)C(COCSC)O1. The molecule has 0 aromatic heterocycles. The Kier molecular flexibility index (Phi) is 5.98. The molecule has 1 aliphatic heterocycles. The highest BCUT2D eigenvalue weighted by molar-refractivity contribution is 7.98. The molecular weight excluding hydrogens is 195 g/mol. The van der Waals surface area contributed by atoms with Gasteiger partial charge in [0.15, 0.2) is 0 Å². The van der Waals surface area contributed by atoms with Gasteiger partial charge < -0.3 is 9.47 Å². The van der Waals surface area contributed by atoms with Crippen LogP contribution in [-0.2, 0) is 9.47 Å². The molecule has 1 fully saturated rings. The predicted molar refractivity (Wildman–Crippen MR) is 61.8 cm³/mol. The number of hydrogen-bond acceptors (Lipinski definition) is 3. The van der Waals surface area contributed by atoms with Crippen LogP contribution in [-0.4, -0.2) is 38.8 Å². The van der Waals surface area contributed by atoms with Crippen LogP contribution in [0.3, 0.4) is 0 Å². The molecule has 14 heavy (non-hydrogen) atoms. The van der Waals surface area contributed by atoms with Gasteiger partial charge in [0.2, 0.25) is 0 Å². The third-order valence-corrected chi connectivity index (χ3v) is 2.96. The lowest BCUT2D eigenvalue weighted by Crippen LogP contribution is -2.22. The van der Waals surface area contributed by atoms with E-state index in [0.717, 1.165) is 12.4 Å². The van der Waals surface area contributed by atoms with Gasteiger partial charge in [-0.15, -0.1) is 11.8 Å². The van der Waals surface area contributed by atoms with Crippen LogP contribution in [0.2, 0.25) is 0 Å². The second-order valence-corrected chi connectivity index (χ2v) is 4.59. The predicted octanol–water partition coefficient (Wildman–Crippen LogP) is 2.02. The van der Waals surface area contributed by atoms with E-state index in [1.165, 1.54) is 12.8 Å². The van der Waals surface area contributed by atoms with Gasteiger partial charge in [-0.05, 0) is 25.0 Å². The van der Waals surface area contributed by atoms with E-state index in [1.54, 1.807) is 11.8 Å². The molecule has 0 saturated carbocycles. The molecular formula is C10H19BO2S. The van der Waals surface area contributed by atoms with Crippen molar-refractivity contribution in [2.24, 2.45) is 5.92 Å². The van der Waals surface area contributed by atoms with Gasteiger partial charge in [-0.1, -0.05) is 13.3 Å².